The highest BCUT2D eigenvalue weighted by molar-refractivity contribution is 7.57. The fourth-order valence-corrected chi connectivity index (χ4v) is 2.66. The van der Waals surface area contributed by atoms with Crippen LogP contribution in [0.15, 0.2) is 21.6 Å². The number of rotatable bonds is 7. The van der Waals surface area contributed by atoms with Crippen LogP contribution < -0.4 is 11.2 Å². The van der Waals surface area contributed by atoms with Crippen molar-refractivity contribution in [1.82, 2.24) is 9.55 Å². The van der Waals surface area contributed by atoms with E-state index in [0.29, 0.717) is 0 Å². The Morgan fingerprint density at radius 1 is 1.35 bits per heavy atom. The predicted molar refractivity (Wildman–Crippen MR) is 73.4 cm³/mol. The van der Waals surface area contributed by atoms with Gasteiger partial charge in [-0.25, -0.2) is 4.79 Å². The molecule has 0 aromatic carbocycles. The molecular formula is C11H17N2O6P. The molecule has 8 nitrogen and oxygen atoms in total. The molecule has 0 atom stereocenters. The second-order valence-corrected chi connectivity index (χ2v) is 5.55. The van der Waals surface area contributed by atoms with Gasteiger partial charge in [0.1, 0.15) is 0 Å². The van der Waals surface area contributed by atoms with E-state index in [0.717, 1.165) is 16.6 Å². The van der Waals surface area contributed by atoms with Crippen LogP contribution >= 0.6 is 7.60 Å². The molecular weight excluding hydrogens is 287 g/mol. The molecule has 9 heteroatoms. The monoisotopic (exact) mass is 304 g/mol. The number of hydrogen-bond acceptors (Lipinski definition) is 6. The summed E-state index contributed by atoms with van der Waals surface area (Å²) in [6, 6.07) is 0. The average molecular weight is 304 g/mol. The molecule has 0 amide bonds. The smallest absolute Gasteiger partial charge is 0.355 e. The molecule has 2 N–H and O–H groups in total. The van der Waals surface area contributed by atoms with E-state index in [1.165, 1.54) is 6.20 Å². The third kappa shape index (κ3) is 4.28. The molecule has 0 aliphatic heterocycles. The standard InChI is InChI=1S/C11H17N2O6P/c1-3-18-20(17,19-4-2)6-5-13-7-9(8-14)10(15)12-11(13)16/h5-7,14H,3-4,8H2,1-2H3,(H,12,15,16)/b6-5-. The van der Waals surface area contributed by atoms with Crippen LogP contribution in [0.5, 0.6) is 0 Å². The van der Waals surface area contributed by atoms with E-state index in [-0.39, 0.29) is 18.8 Å². The van der Waals surface area contributed by atoms with Gasteiger partial charge in [0.15, 0.2) is 0 Å². The van der Waals surface area contributed by atoms with Crippen molar-refractivity contribution >= 4 is 13.8 Å². The topological polar surface area (TPSA) is 111 Å². The van der Waals surface area contributed by atoms with Crippen LogP contribution in [0.25, 0.3) is 6.20 Å². The van der Waals surface area contributed by atoms with E-state index in [4.69, 9.17) is 14.2 Å². The molecule has 1 aromatic rings. The SMILES string of the molecule is CCOP(=O)(/C=C\n1cc(CO)c(=O)[nH]c1=O)OCC. The van der Waals surface area contributed by atoms with Crippen LogP contribution in [0.2, 0.25) is 0 Å². The molecule has 0 fully saturated rings. The van der Waals surface area contributed by atoms with Crippen molar-refractivity contribution < 1.29 is 18.7 Å². The summed E-state index contributed by atoms with van der Waals surface area (Å²) in [5, 5.41) is 8.97. The van der Waals surface area contributed by atoms with Crippen molar-refractivity contribution in [2.45, 2.75) is 20.5 Å². The number of aliphatic hydroxyl groups is 1. The van der Waals surface area contributed by atoms with Crippen molar-refractivity contribution in [2.24, 2.45) is 0 Å². The van der Waals surface area contributed by atoms with Crippen molar-refractivity contribution in [2.75, 3.05) is 13.2 Å². The summed E-state index contributed by atoms with van der Waals surface area (Å²) < 4.78 is 23.2. The van der Waals surface area contributed by atoms with Gasteiger partial charge in [-0.2, -0.15) is 0 Å². The largest absolute Gasteiger partial charge is 0.391 e. The summed E-state index contributed by atoms with van der Waals surface area (Å²) in [6.45, 7) is 3.18. The van der Waals surface area contributed by atoms with E-state index in [9.17, 15) is 14.2 Å². The highest BCUT2D eigenvalue weighted by atomic mass is 31.2. The van der Waals surface area contributed by atoms with Gasteiger partial charge in [0.05, 0.1) is 25.4 Å². The van der Waals surface area contributed by atoms with Crippen LogP contribution in [0.4, 0.5) is 0 Å². The van der Waals surface area contributed by atoms with Crippen LogP contribution in [-0.2, 0) is 20.2 Å². The highest BCUT2D eigenvalue weighted by Crippen LogP contribution is 2.49. The number of H-pyrrole nitrogens is 1. The summed E-state index contributed by atoms with van der Waals surface area (Å²) in [6.07, 6.45) is 2.32. The van der Waals surface area contributed by atoms with Gasteiger partial charge < -0.3 is 14.2 Å². The van der Waals surface area contributed by atoms with Crippen LogP contribution in [0.1, 0.15) is 19.4 Å². The number of nitrogens with one attached hydrogen (secondary N) is 1. The summed E-state index contributed by atoms with van der Waals surface area (Å²) >= 11 is 0. The van der Waals surface area contributed by atoms with Crippen molar-refractivity contribution in [3.05, 3.63) is 38.4 Å². The zero-order chi connectivity index (χ0) is 15.2. The molecule has 0 saturated heterocycles. The third-order valence-electron chi connectivity index (χ3n) is 2.24. The Balaban J connectivity index is 3.14. The van der Waals surface area contributed by atoms with Gasteiger partial charge in [0.25, 0.3) is 5.56 Å². The van der Waals surface area contributed by atoms with E-state index in [1.54, 1.807) is 13.8 Å². The lowest BCUT2D eigenvalue weighted by Crippen LogP contribution is -2.29. The molecule has 112 valence electrons. The maximum absolute atomic E-state index is 12.2. The van der Waals surface area contributed by atoms with Crippen LogP contribution in [0, 0.1) is 0 Å². The van der Waals surface area contributed by atoms with Crippen molar-refractivity contribution in [3.8, 4) is 0 Å². The van der Waals surface area contributed by atoms with E-state index in [1.807, 2.05) is 4.98 Å². The number of aromatic amines is 1. The highest BCUT2D eigenvalue weighted by Gasteiger charge is 2.19. The first-order valence-corrected chi connectivity index (χ1v) is 7.60. The number of hydrogen-bond donors (Lipinski definition) is 2. The van der Waals surface area contributed by atoms with Gasteiger partial charge in [0, 0.05) is 18.2 Å². The summed E-state index contributed by atoms with van der Waals surface area (Å²) in [4.78, 5) is 24.8. The van der Waals surface area contributed by atoms with Crippen LogP contribution in [0.3, 0.4) is 0 Å². The molecule has 1 rings (SSSR count). The Labute approximate surface area is 115 Å². The third-order valence-corrected chi connectivity index (χ3v) is 3.97. The molecule has 0 saturated carbocycles. The second kappa shape index (κ2) is 7.35. The van der Waals surface area contributed by atoms with Gasteiger partial charge in [-0.1, -0.05) is 0 Å². The fourth-order valence-electron chi connectivity index (χ4n) is 1.39. The number of aliphatic hydroxyl groups excluding tert-OH is 1. The molecule has 0 unspecified atom stereocenters. The first kappa shape index (κ1) is 16.6. The number of nitrogens with zero attached hydrogens (tertiary/aromatic N) is 1. The zero-order valence-corrected chi connectivity index (χ0v) is 12.1. The minimum atomic E-state index is -3.43. The molecule has 1 aromatic heterocycles. The predicted octanol–water partition coefficient (Wildman–Crippen LogP) is 0.723. The van der Waals surface area contributed by atoms with Gasteiger partial charge >= 0.3 is 13.3 Å². The van der Waals surface area contributed by atoms with E-state index >= 15 is 0 Å². The van der Waals surface area contributed by atoms with Crippen LogP contribution in [-0.4, -0.2) is 27.9 Å². The first-order valence-electron chi connectivity index (χ1n) is 5.99. The minimum Gasteiger partial charge on any atom is -0.391 e. The lowest BCUT2D eigenvalue weighted by Gasteiger charge is -2.12. The van der Waals surface area contributed by atoms with Gasteiger partial charge in [-0.15, -0.1) is 0 Å². The molecule has 0 bridgehead atoms. The average Bonchev–Trinajstić information content (AvgIpc) is 2.38. The number of aromatic nitrogens is 2. The zero-order valence-electron chi connectivity index (χ0n) is 11.2. The molecule has 0 aliphatic rings. The lowest BCUT2D eigenvalue weighted by molar-refractivity contribution is 0.229. The van der Waals surface area contributed by atoms with Crippen molar-refractivity contribution in [3.63, 3.8) is 0 Å². The summed E-state index contributed by atoms with van der Waals surface area (Å²) in [5.74, 6) is 1.13. The maximum atomic E-state index is 12.2. The normalized spacial score (nSPS) is 12.2. The Kier molecular flexibility index (Phi) is 6.09. The van der Waals surface area contributed by atoms with Gasteiger partial charge in [0.2, 0.25) is 0 Å². The second-order valence-electron chi connectivity index (χ2n) is 3.65. The molecule has 1 heterocycles. The fraction of sp³-hybridized carbons (Fsp3) is 0.455. The summed E-state index contributed by atoms with van der Waals surface area (Å²) in [7, 11) is -3.43. The molecule has 0 radical (unpaired) electrons. The Morgan fingerprint density at radius 3 is 2.45 bits per heavy atom. The summed E-state index contributed by atoms with van der Waals surface area (Å²) in [5.41, 5.74) is -1.38. The quantitative estimate of drug-likeness (QED) is 0.718. The maximum Gasteiger partial charge on any atom is 0.355 e. The minimum absolute atomic E-state index is 0.0110. The Hall–Kier alpha value is -1.47. The van der Waals surface area contributed by atoms with Gasteiger partial charge in [-0.05, 0) is 13.8 Å². The Bertz CT molecular complexity index is 623. The van der Waals surface area contributed by atoms with E-state index < -0.39 is 25.5 Å². The van der Waals surface area contributed by atoms with Crippen molar-refractivity contribution in [1.29, 1.82) is 0 Å². The lowest BCUT2D eigenvalue weighted by atomic mass is 10.3. The first-order chi connectivity index (χ1) is 9.45. The molecule has 0 spiro atoms. The molecule has 20 heavy (non-hydrogen) atoms. The van der Waals surface area contributed by atoms with Gasteiger partial charge in [-0.3, -0.25) is 18.9 Å². The Morgan fingerprint density at radius 2 is 1.95 bits per heavy atom. The van der Waals surface area contributed by atoms with E-state index in [2.05, 4.69) is 0 Å². The molecule has 0 aliphatic carbocycles.